The topological polar surface area (TPSA) is 76.9 Å². The molecule has 5 rings (SSSR count). The number of likely N-dealkylation sites (N-methyl/N-ethyl adjacent to an activating group) is 1. The number of hydrogen-bond acceptors (Lipinski definition) is 6. The number of aryl methyl sites for hydroxylation is 1. The fourth-order valence-electron chi connectivity index (χ4n) is 4.99. The van der Waals surface area contributed by atoms with Crippen LogP contribution in [-0.4, -0.2) is 66.1 Å². The van der Waals surface area contributed by atoms with Gasteiger partial charge in [-0.05, 0) is 56.6 Å². The highest BCUT2D eigenvalue weighted by Crippen LogP contribution is 2.31. The number of fused-ring (bicyclic) bond motifs is 2. The molecule has 2 aliphatic heterocycles. The summed E-state index contributed by atoms with van der Waals surface area (Å²) in [6.45, 7) is 8.88. The molecule has 1 aromatic heterocycles. The van der Waals surface area contributed by atoms with Crippen molar-refractivity contribution in [2.75, 3.05) is 32.8 Å². The predicted molar refractivity (Wildman–Crippen MR) is 135 cm³/mol. The second-order valence-corrected chi connectivity index (χ2v) is 11.2. The molecule has 9 heteroatoms. The molecular formula is C26H34N4O4S. The molecule has 0 amide bonds. The Morgan fingerprint density at radius 3 is 2.57 bits per heavy atom. The number of aromatic nitrogens is 2. The van der Waals surface area contributed by atoms with E-state index >= 15 is 0 Å². The van der Waals surface area contributed by atoms with Gasteiger partial charge in [0.25, 0.3) is 0 Å². The van der Waals surface area contributed by atoms with Crippen LogP contribution in [0.2, 0.25) is 0 Å². The SMILES string of the molecule is CCN(Cc1nc2cc(S(=O)(=O)N3CCCCC3)ccc2n1CC)C[C@@H]1COc2ccccc2O1. The molecule has 3 heterocycles. The molecule has 188 valence electrons. The van der Waals surface area contributed by atoms with Crippen LogP contribution in [0.1, 0.15) is 38.9 Å². The first kappa shape index (κ1) is 24.1. The Bertz CT molecular complexity index is 1280. The van der Waals surface area contributed by atoms with Gasteiger partial charge in [-0.15, -0.1) is 0 Å². The van der Waals surface area contributed by atoms with E-state index in [0.717, 1.165) is 60.7 Å². The molecule has 0 N–H and O–H groups in total. The second-order valence-electron chi connectivity index (χ2n) is 9.21. The van der Waals surface area contributed by atoms with Crippen LogP contribution in [-0.2, 0) is 23.1 Å². The van der Waals surface area contributed by atoms with Crippen LogP contribution in [0.5, 0.6) is 11.5 Å². The Balaban J connectivity index is 1.35. The number of para-hydroxylation sites is 2. The van der Waals surface area contributed by atoms with Crippen LogP contribution in [0.3, 0.4) is 0 Å². The fourth-order valence-corrected chi connectivity index (χ4v) is 6.53. The summed E-state index contributed by atoms with van der Waals surface area (Å²) in [5.41, 5.74) is 1.68. The number of piperidine rings is 1. The number of rotatable bonds is 8. The summed E-state index contributed by atoms with van der Waals surface area (Å²) in [6.07, 6.45) is 2.87. The van der Waals surface area contributed by atoms with E-state index in [9.17, 15) is 8.42 Å². The molecule has 35 heavy (non-hydrogen) atoms. The minimum Gasteiger partial charge on any atom is -0.486 e. The van der Waals surface area contributed by atoms with E-state index in [4.69, 9.17) is 14.5 Å². The van der Waals surface area contributed by atoms with E-state index in [2.05, 4.69) is 23.3 Å². The van der Waals surface area contributed by atoms with Gasteiger partial charge in [0.2, 0.25) is 10.0 Å². The third-order valence-corrected chi connectivity index (χ3v) is 8.80. The predicted octanol–water partition coefficient (Wildman–Crippen LogP) is 3.89. The van der Waals surface area contributed by atoms with Gasteiger partial charge in [-0.1, -0.05) is 25.5 Å². The van der Waals surface area contributed by atoms with Crippen molar-refractivity contribution in [1.29, 1.82) is 0 Å². The lowest BCUT2D eigenvalue weighted by molar-refractivity contribution is 0.0571. The Labute approximate surface area is 207 Å². The van der Waals surface area contributed by atoms with Gasteiger partial charge in [-0.3, -0.25) is 4.90 Å². The van der Waals surface area contributed by atoms with Crippen LogP contribution in [0, 0.1) is 0 Å². The Kier molecular flexibility index (Phi) is 7.00. The standard InChI is InChI=1S/C26H34N4O4S/c1-3-28(17-20-19-33-24-10-6-7-11-25(24)34-20)18-26-27-22-16-21(12-13-23(22)30(26)4-2)35(31,32)29-14-8-5-9-15-29/h6-7,10-13,16,20H,3-5,8-9,14-15,17-19H2,1-2H3/t20-/m1/s1. The van der Waals surface area contributed by atoms with Crippen LogP contribution in [0.25, 0.3) is 11.0 Å². The second kappa shape index (κ2) is 10.2. The van der Waals surface area contributed by atoms with Crippen molar-refractivity contribution in [3.63, 3.8) is 0 Å². The molecule has 0 bridgehead atoms. The van der Waals surface area contributed by atoms with Crippen molar-refractivity contribution in [1.82, 2.24) is 18.8 Å². The van der Waals surface area contributed by atoms with Gasteiger partial charge < -0.3 is 14.0 Å². The normalized spacial score (nSPS) is 18.9. The van der Waals surface area contributed by atoms with E-state index in [1.165, 1.54) is 0 Å². The molecule has 0 unspecified atom stereocenters. The summed E-state index contributed by atoms with van der Waals surface area (Å²) in [6, 6.07) is 13.1. The van der Waals surface area contributed by atoms with Gasteiger partial charge in [0, 0.05) is 26.2 Å². The average molecular weight is 499 g/mol. The summed E-state index contributed by atoms with van der Waals surface area (Å²) in [5.74, 6) is 2.49. The first-order valence-corrected chi connectivity index (χ1v) is 14.0. The highest BCUT2D eigenvalue weighted by Gasteiger charge is 2.27. The van der Waals surface area contributed by atoms with Gasteiger partial charge in [0.1, 0.15) is 18.5 Å². The number of nitrogens with zero attached hydrogens (tertiary/aromatic N) is 4. The van der Waals surface area contributed by atoms with Crippen molar-refractivity contribution in [3.8, 4) is 11.5 Å². The van der Waals surface area contributed by atoms with E-state index < -0.39 is 10.0 Å². The van der Waals surface area contributed by atoms with Crippen molar-refractivity contribution in [2.24, 2.45) is 0 Å². The van der Waals surface area contributed by atoms with E-state index in [1.807, 2.05) is 30.3 Å². The maximum absolute atomic E-state index is 13.2. The van der Waals surface area contributed by atoms with Gasteiger partial charge >= 0.3 is 0 Å². The minimum atomic E-state index is -3.49. The molecule has 3 aromatic rings. The monoisotopic (exact) mass is 498 g/mol. The van der Waals surface area contributed by atoms with Gasteiger partial charge in [0.15, 0.2) is 11.5 Å². The van der Waals surface area contributed by atoms with E-state index in [-0.39, 0.29) is 6.10 Å². The summed E-state index contributed by atoms with van der Waals surface area (Å²) < 4.78 is 42.2. The maximum Gasteiger partial charge on any atom is 0.243 e. The molecule has 1 atom stereocenters. The fraction of sp³-hybridized carbons (Fsp3) is 0.500. The third kappa shape index (κ3) is 4.90. The van der Waals surface area contributed by atoms with Crippen molar-refractivity contribution >= 4 is 21.1 Å². The molecule has 0 saturated carbocycles. The highest BCUT2D eigenvalue weighted by atomic mass is 32.2. The molecule has 2 aromatic carbocycles. The van der Waals surface area contributed by atoms with Gasteiger partial charge in [-0.2, -0.15) is 4.31 Å². The van der Waals surface area contributed by atoms with Gasteiger partial charge in [0.05, 0.1) is 22.5 Å². The highest BCUT2D eigenvalue weighted by molar-refractivity contribution is 7.89. The average Bonchev–Trinajstić information content (AvgIpc) is 3.24. The summed E-state index contributed by atoms with van der Waals surface area (Å²) in [7, 11) is -3.49. The zero-order chi connectivity index (χ0) is 24.4. The van der Waals surface area contributed by atoms with Gasteiger partial charge in [-0.25, -0.2) is 13.4 Å². The number of benzene rings is 2. The summed E-state index contributed by atoms with van der Waals surface area (Å²) >= 11 is 0. The zero-order valence-electron chi connectivity index (χ0n) is 20.5. The number of imidazole rings is 1. The van der Waals surface area contributed by atoms with Crippen LogP contribution in [0.15, 0.2) is 47.4 Å². The van der Waals surface area contributed by atoms with Crippen molar-refractivity contribution < 1.29 is 17.9 Å². The first-order chi connectivity index (χ1) is 17.0. The Morgan fingerprint density at radius 1 is 1.06 bits per heavy atom. The Hall–Kier alpha value is -2.62. The largest absolute Gasteiger partial charge is 0.486 e. The maximum atomic E-state index is 13.2. The molecule has 1 fully saturated rings. The third-order valence-electron chi connectivity index (χ3n) is 6.91. The quantitative estimate of drug-likeness (QED) is 0.469. The minimum absolute atomic E-state index is 0.0643. The molecule has 2 aliphatic rings. The summed E-state index contributed by atoms with van der Waals surface area (Å²) in [4.78, 5) is 7.51. The number of sulfonamides is 1. The summed E-state index contributed by atoms with van der Waals surface area (Å²) in [5, 5.41) is 0. The molecule has 8 nitrogen and oxygen atoms in total. The molecule has 0 spiro atoms. The van der Waals surface area contributed by atoms with Crippen LogP contribution < -0.4 is 9.47 Å². The molecule has 0 aliphatic carbocycles. The van der Waals surface area contributed by atoms with Crippen LogP contribution >= 0.6 is 0 Å². The molecular weight excluding hydrogens is 464 g/mol. The first-order valence-electron chi connectivity index (χ1n) is 12.6. The van der Waals surface area contributed by atoms with Crippen molar-refractivity contribution in [3.05, 3.63) is 48.3 Å². The zero-order valence-corrected chi connectivity index (χ0v) is 21.3. The number of hydrogen-bond donors (Lipinski definition) is 0. The lowest BCUT2D eigenvalue weighted by Crippen LogP contribution is -2.41. The van der Waals surface area contributed by atoms with Crippen molar-refractivity contribution in [2.45, 2.75) is 57.2 Å². The molecule has 1 saturated heterocycles. The van der Waals surface area contributed by atoms with E-state index in [0.29, 0.717) is 37.7 Å². The number of ether oxygens (including phenoxy) is 2. The Morgan fingerprint density at radius 2 is 1.83 bits per heavy atom. The van der Waals surface area contributed by atoms with E-state index in [1.54, 1.807) is 16.4 Å². The smallest absolute Gasteiger partial charge is 0.243 e. The van der Waals surface area contributed by atoms with Crippen LogP contribution in [0.4, 0.5) is 0 Å². The lowest BCUT2D eigenvalue weighted by atomic mass is 10.2. The molecule has 0 radical (unpaired) electrons. The lowest BCUT2D eigenvalue weighted by Gasteiger charge is -2.30.